The molecule has 0 radical (unpaired) electrons. The summed E-state index contributed by atoms with van der Waals surface area (Å²) in [6.07, 6.45) is 1.74. The predicted molar refractivity (Wildman–Crippen MR) is 143 cm³/mol. The maximum atomic E-state index is 14.1. The third-order valence-corrected chi connectivity index (χ3v) is 8.54. The van der Waals surface area contributed by atoms with Gasteiger partial charge in [-0.2, -0.15) is 0 Å². The van der Waals surface area contributed by atoms with Crippen molar-refractivity contribution in [1.29, 1.82) is 0 Å². The Bertz CT molecular complexity index is 1550. The molecule has 174 valence electrons. The Morgan fingerprint density at radius 1 is 0.800 bits per heavy atom. The molecule has 35 heavy (non-hydrogen) atoms. The van der Waals surface area contributed by atoms with Gasteiger partial charge in [-0.3, -0.25) is 9.10 Å². The molecule has 0 saturated carbocycles. The fraction of sp³-hybridized carbons (Fsp3) is 0.0357. The minimum atomic E-state index is -4.07. The number of ketones is 1. The molecule has 0 fully saturated rings. The van der Waals surface area contributed by atoms with Gasteiger partial charge in [0, 0.05) is 20.6 Å². The fourth-order valence-electron chi connectivity index (χ4n) is 4.25. The molecule has 5 rings (SSSR count). The van der Waals surface area contributed by atoms with Crippen LogP contribution in [0.15, 0.2) is 118 Å². The van der Waals surface area contributed by atoms with E-state index in [-0.39, 0.29) is 10.7 Å². The first-order valence-corrected chi connectivity index (χ1v) is 13.4. The Hall–Kier alpha value is -3.19. The molecule has 1 aliphatic rings. The van der Waals surface area contributed by atoms with E-state index >= 15 is 0 Å². The number of rotatable bonds is 4. The van der Waals surface area contributed by atoms with E-state index in [4.69, 9.17) is 11.6 Å². The molecule has 4 nitrogen and oxygen atoms in total. The quantitative estimate of drug-likeness (QED) is 0.244. The fourth-order valence-corrected chi connectivity index (χ4v) is 6.41. The normalized spacial score (nSPS) is 16.9. The van der Waals surface area contributed by atoms with Crippen LogP contribution in [0.2, 0.25) is 5.02 Å². The molecule has 0 bridgehead atoms. The second-order valence-corrected chi connectivity index (χ2v) is 11.2. The first kappa shape index (κ1) is 23.5. The number of hydrogen-bond acceptors (Lipinski definition) is 3. The van der Waals surface area contributed by atoms with Crippen molar-refractivity contribution in [3.05, 3.63) is 135 Å². The minimum Gasteiger partial charge on any atom is -0.289 e. The van der Waals surface area contributed by atoms with Crippen LogP contribution in [-0.2, 0) is 10.0 Å². The lowest BCUT2D eigenvalue weighted by Crippen LogP contribution is -2.41. The first-order chi connectivity index (χ1) is 16.9. The Morgan fingerprint density at radius 3 is 2.14 bits per heavy atom. The van der Waals surface area contributed by atoms with E-state index < -0.39 is 16.1 Å². The van der Waals surface area contributed by atoms with Gasteiger partial charge in [0.25, 0.3) is 10.0 Å². The number of fused-ring (bicyclic) bond motifs is 1. The molecule has 7 heteroatoms. The average Bonchev–Trinajstić information content (AvgIpc) is 2.87. The van der Waals surface area contributed by atoms with Gasteiger partial charge >= 0.3 is 0 Å². The number of para-hydroxylation sites is 1. The average molecular weight is 565 g/mol. The third kappa shape index (κ3) is 4.33. The predicted octanol–water partition coefficient (Wildman–Crippen LogP) is 7.32. The number of halogens is 2. The number of carbonyl (C=O) groups is 1. The lowest BCUT2D eigenvalue weighted by molar-refractivity contribution is 0.102. The summed E-state index contributed by atoms with van der Waals surface area (Å²) in [5.74, 6) is -0.243. The summed E-state index contributed by atoms with van der Waals surface area (Å²) in [4.78, 5) is 14.0. The third-order valence-electron chi connectivity index (χ3n) is 5.87. The second kappa shape index (κ2) is 9.46. The van der Waals surface area contributed by atoms with Crippen molar-refractivity contribution < 1.29 is 13.2 Å². The van der Waals surface area contributed by atoms with E-state index in [1.54, 1.807) is 84.9 Å². The Labute approximate surface area is 217 Å². The van der Waals surface area contributed by atoms with Crippen molar-refractivity contribution in [2.45, 2.75) is 10.9 Å². The van der Waals surface area contributed by atoms with Crippen LogP contribution in [0, 0.1) is 0 Å². The summed E-state index contributed by atoms with van der Waals surface area (Å²) in [6, 6.07) is 28.5. The number of carbonyl (C=O) groups excluding carboxylic acids is 1. The van der Waals surface area contributed by atoms with Gasteiger partial charge in [0.1, 0.15) is 6.04 Å². The smallest absolute Gasteiger partial charge is 0.265 e. The standard InChI is InChI=1S/C28H19BrClNO3S/c29-20-16-14-19(15-17-20)18-24-27(22-10-4-6-12-25(22)30)31(26-13-7-5-11-23(26)28(24)32)35(33,34)21-8-2-1-3-9-21/h1-18,27H. The van der Waals surface area contributed by atoms with Crippen LogP contribution < -0.4 is 4.31 Å². The van der Waals surface area contributed by atoms with E-state index in [0.717, 1.165) is 10.0 Å². The molecule has 1 aliphatic heterocycles. The highest BCUT2D eigenvalue weighted by molar-refractivity contribution is 9.10. The van der Waals surface area contributed by atoms with Crippen LogP contribution >= 0.6 is 27.5 Å². The second-order valence-electron chi connectivity index (χ2n) is 8.04. The summed E-state index contributed by atoms with van der Waals surface area (Å²) >= 11 is 10.0. The van der Waals surface area contributed by atoms with Crippen molar-refractivity contribution in [1.82, 2.24) is 0 Å². The lowest BCUT2D eigenvalue weighted by atomic mass is 9.86. The maximum absolute atomic E-state index is 14.1. The number of sulfonamides is 1. The topological polar surface area (TPSA) is 54.5 Å². The number of benzene rings is 4. The van der Waals surface area contributed by atoms with Gasteiger partial charge < -0.3 is 0 Å². The number of anilines is 1. The summed E-state index contributed by atoms with van der Waals surface area (Å²) in [5.41, 5.74) is 2.25. The van der Waals surface area contributed by atoms with Gasteiger partial charge in [-0.05, 0) is 59.7 Å². The zero-order chi connectivity index (χ0) is 24.6. The first-order valence-electron chi connectivity index (χ1n) is 10.8. The van der Waals surface area contributed by atoms with E-state index in [9.17, 15) is 13.2 Å². The number of Topliss-reactive ketones (excluding diaryl/α,β-unsaturated/α-hetero) is 1. The molecule has 1 atom stereocenters. The summed E-state index contributed by atoms with van der Waals surface area (Å²) in [6.45, 7) is 0. The van der Waals surface area contributed by atoms with Gasteiger partial charge in [-0.25, -0.2) is 8.42 Å². The highest BCUT2D eigenvalue weighted by Crippen LogP contribution is 2.47. The van der Waals surface area contributed by atoms with Crippen molar-refractivity contribution in [3.63, 3.8) is 0 Å². The molecule has 0 aromatic heterocycles. The Balaban J connectivity index is 1.84. The minimum absolute atomic E-state index is 0.129. The largest absolute Gasteiger partial charge is 0.289 e. The molecule has 4 aromatic carbocycles. The van der Waals surface area contributed by atoms with Crippen LogP contribution in [-0.4, -0.2) is 14.2 Å². The highest BCUT2D eigenvalue weighted by Gasteiger charge is 2.43. The van der Waals surface area contributed by atoms with Crippen molar-refractivity contribution in [2.24, 2.45) is 0 Å². The van der Waals surface area contributed by atoms with E-state index in [1.807, 2.05) is 24.3 Å². The summed E-state index contributed by atoms with van der Waals surface area (Å²) < 4.78 is 30.5. The summed E-state index contributed by atoms with van der Waals surface area (Å²) in [7, 11) is -4.07. The Kier molecular flexibility index (Phi) is 6.36. The van der Waals surface area contributed by atoms with Crippen molar-refractivity contribution >= 4 is 55.1 Å². The highest BCUT2D eigenvalue weighted by atomic mass is 79.9. The van der Waals surface area contributed by atoms with Crippen LogP contribution in [0.5, 0.6) is 0 Å². The molecule has 4 aromatic rings. The van der Waals surface area contributed by atoms with Crippen molar-refractivity contribution in [3.8, 4) is 0 Å². The number of nitrogens with zero attached hydrogens (tertiary/aromatic N) is 1. The van der Waals surface area contributed by atoms with Crippen LogP contribution in [0.1, 0.15) is 27.5 Å². The lowest BCUT2D eigenvalue weighted by Gasteiger charge is -2.39. The van der Waals surface area contributed by atoms with Gasteiger partial charge in [-0.15, -0.1) is 0 Å². The molecule has 0 N–H and O–H groups in total. The summed E-state index contributed by atoms with van der Waals surface area (Å²) in [5, 5.41) is 0.375. The SMILES string of the molecule is O=C1C(=Cc2ccc(Br)cc2)C(c2ccccc2Cl)N(S(=O)(=O)c2ccccc2)c2ccccc21. The molecule has 0 spiro atoms. The molecule has 0 amide bonds. The van der Waals surface area contributed by atoms with Gasteiger partial charge in [0.05, 0.1) is 10.6 Å². The number of hydrogen-bond donors (Lipinski definition) is 0. The van der Waals surface area contributed by atoms with Crippen LogP contribution in [0.3, 0.4) is 0 Å². The molecule has 1 unspecified atom stereocenters. The maximum Gasteiger partial charge on any atom is 0.265 e. The van der Waals surface area contributed by atoms with E-state index in [2.05, 4.69) is 15.9 Å². The molecule has 1 heterocycles. The van der Waals surface area contributed by atoms with Crippen LogP contribution in [0.25, 0.3) is 6.08 Å². The molecular weight excluding hydrogens is 546 g/mol. The monoisotopic (exact) mass is 563 g/mol. The Morgan fingerprint density at radius 2 is 1.43 bits per heavy atom. The van der Waals surface area contributed by atoms with Gasteiger partial charge in [-0.1, -0.05) is 88.2 Å². The van der Waals surface area contributed by atoms with Crippen molar-refractivity contribution in [2.75, 3.05) is 4.31 Å². The zero-order valence-corrected chi connectivity index (χ0v) is 21.5. The molecular formula is C28H19BrClNO3S. The van der Waals surface area contributed by atoms with E-state index in [0.29, 0.717) is 27.4 Å². The van der Waals surface area contributed by atoms with Gasteiger partial charge in [0.2, 0.25) is 0 Å². The van der Waals surface area contributed by atoms with Gasteiger partial charge in [0.15, 0.2) is 5.78 Å². The molecule has 0 aliphatic carbocycles. The zero-order valence-electron chi connectivity index (χ0n) is 18.3. The van der Waals surface area contributed by atoms with Crippen LogP contribution in [0.4, 0.5) is 5.69 Å². The molecule has 0 saturated heterocycles. The van der Waals surface area contributed by atoms with E-state index in [1.165, 1.54) is 4.31 Å².